The number of hydrogen-bond acceptors (Lipinski definition) is 4. The van der Waals surface area contributed by atoms with Crippen molar-refractivity contribution in [2.75, 3.05) is 38.5 Å². The molecule has 0 aliphatic carbocycles. The summed E-state index contributed by atoms with van der Waals surface area (Å²) in [6.07, 6.45) is 1.20. The van der Waals surface area contributed by atoms with Gasteiger partial charge in [0, 0.05) is 41.7 Å². The molecule has 1 aromatic carbocycles. The van der Waals surface area contributed by atoms with Gasteiger partial charge in [-0.3, -0.25) is 9.11 Å². The van der Waals surface area contributed by atoms with Gasteiger partial charge in [0.25, 0.3) is 0 Å². The first-order valence-electron chi connectivity index (χ1n) is 8.22. The zero-order chi connectivity index (χ0) is 15.9. The van der Waals surface area contributed by atoms with E-state index in [0.29, 0.717) is 0 Å². The lowest BCUT2D eigenvalue weighted by Crippen LogP contribution is -2.32. The number of thiophene rings is 1. The number of nitrogens with zero attached hydrogens (tertiary/aromatic N) is 2. The second-order valence-corrected chi connectivity index (χ2v) is 8.52. The van der Waals surface area contributed by atoms with E-state index in [4.69, 9.17) is 0 Å². The first-order chi connectivity index (χ1) is 11.3. The second-order valence-electron chi connectivity index (χ2n) is 5.91. The molecule has 23 heavy (non-hydrogen) atoms. The highest BCUT2D eigenvalue weighted by Gasteiger charge is 2.16. The second kappa shape index (κ2) is 8.73. The molecule has 1 aliphatic heterocycles. The van der Waals surface area contributed by atoms with Gasteiger partial charge in [-0.15, -0.1) is 11.3 Å². The van der Waals surface area contributed by atoms with Crippen LogP contribution in [0.1, 0.15) is 11.3 Å². The monoisotopic (exact) mass is 348 g/mol. The van der Waals surface area contributed by atoms with Gasteiger partial charge in [-0.2, -0.15) is 0 Å². The summed E-state index contributed by atoms with van der Waals surface area (Å²) in [7, 11) is -0.879. The van der Waals surface area contributed by atoms with Gasteiger partial charge in [0.2, 0.25) is 0 Å². The van der Waals surface area contributed by atoms with E-state index in [1.54, 1.807) is 0 Å². The molecule has 0 N–H and O–H groups in total. The highest BCUT2D eigenvalue weighted by molar-refractivity contribution is 7.85. The summed E-state index contributed by atoms with van der Waals surface area (Å²) >= 11 is 1.84. The lowest BCUT2D eigenvalue weighted by atomic mass is 10.3. The van der Waals surface area contributed by atoms with Crippen molar-refractivity contribution < 1.29 is 4.21 Å². The predicted octanol–water partition coefficient (Wildman–Crippen LogP) is 3.06. The van der Waals surface area contributed by atoms with Gasteiger partial charge in [0.1, 0.15) is 0 Å². The Bertz CT molecular complexity index is 601. The number of hydrogen-bond donors (Lipinski definition) is 0. The Labute approximate surface area is 145 Å². The lowest BCUT2D eigenvalue weighted by Gasteiger charge is -2.21. The molecule has 2 aromatic rings. The van der Waals surface area contributed by atoms with Crippen LogP contribution in [0.25, 0.3) is 0 Å². The van der Waals surface area contributed by atoms with E-state index < -0.39 is 10.8 Å². The summed E-state index contributed by atoms with van der Waals surface area (Å²) in [5, 5.41) is 2.15. The van der Waals surface area contributed by atoms with Crippen molar-refractivity contribution in [1.29, 1.82) is 0 Å². The predicted molar refractivity (Wildman–Crippen MR) is 98.4 cm³/mol. The van der Waals surface area contributed by atoms with Gasteiger partial charge in [0.15, 0.2) is 0 Å². The molecule has 0 bridgehead atoms. The van der Waals surface area contributed by atoms with Crippen LogP contribution in [-0.4, -0.2) is 52.5 Å². The molecule has 1 atom stereocenters. The highest BCUT2D eigenvalue weighted by atomic mass is 32.2. The number of benzene rings is 1. The maximum absolute atomic E-state index is 12.3. The van der Waals surface area contributed by atoms with Gasteiger partial charge in [-0.25, -0.2) is 0 Å². The van der Waals surface area contributed by atoms with Crippen molar-refractivity contribution in [3.63, 3.8) is 0 Å². The maximum atomic E-state index is 12.3. The third-order valence-corrected chi connectivity index (χ3v) is 6.45. The molecule has 1 fully saturated rings. The van der Waals surface area contributed by atoms with Crippen LogP contribution >= 0.6 is 11.3 Å². The minimum Gasteiger partial charge on any atom is -0.301 e. The molecule has 1 aliphatic rings. The standard InChI is InChI=1S/C18H24N2OS2/c21-23(18-7-2-1-3-8-18)15-13-19-9-5-10-20(12-11-19)16-17-6-4-14-22-17/h1-4,6-8,14H,5,9-13,15-16H2. The quantitative estimate of drug-likeness (QED) is 0.802. The molecule has 0 spiro atoms. The van der Waals surface area contributed by atoms with Gasteiger partial charge in [-0.05, 0) is 43.1 Å². The Morgan fingerprint density at radius 1 is 0.957 bits per heavy atom. The zero-order valence-corrected chi connectivity index (χ0v) is 15.0. The molecule has 5 heteroatoms. The normalized spacial score (nSPS) is 18.6. The van der Waals surface area contributed by atoms with Crippen molar-refractivity contribution in [2.24, 2.45) is 0 Å². The van der Waals surface area contributed by atoms with Gasteiger partial charge >= 0.3 is 0 Å². The van der Waals surface area contributed by atoms with Gasteiger partial charge in [-0.1, -0.05) is 24.3 Å². The molecule has 124 valence electrons. The van der Waals surface area contributed by atoms with E-state index in [9.17, 15) is 4.21 Å². The Balaban J connectivity index is 1.44. The molecule has 1 unspecified atom stereocenters. The summed E-state index contributed by atoms with van der Waals surface area (Å²) in [6.45, 7) is 6.46. The van der Waals surface area contributed by atoms with Gasteiger partial charge < -0.3 is 4.90 Å². The van der Waals surface area contributed by atoms with Crippen molar-refractivity contribution in [2.45, 2.75) is 17.9 Å². The fourth-order valence-electron chi connectivity index (χ4n) is 2.93. The zero-order valence-electron chi connectivity index (χ0n) is 13.4. The summed E-state index contributed by atoms with van der Waals surface area (Å²) in [5.74, 6) is 0.731. The molecule has 0 saturated carbocycles. The minimum absolute atomic E-state index is 0.731. The highest BCUT2D eigenvalue weighted by Crippen LogP contribution is 2.14. The van der Waals surface area contributed by atoms with E-state index in [1.807, 2.05) is 41.7 Å². The molecular formula is C18H24N2OS2. The largest absolute Gasteiger partial charge is 0.301 e. The molecule has 0 amide bonds. The Kier molecular flexibility index (Phi) is 6.39. The van der Waals surface area contributed by atoms with Crippen LogP contribution in [0.5, 0.6) is 0 Å². The molecule has 1 saturated heterocycles. The van der Waals surface area contributed by atoms with E-state index >= 15 is 0 Å². The van der Waals surface area contributed by atoms with Crippen molar-refractivity contribution in [1.82, 2.24) is 9.80 Å². The SMILES string of the molecule is O=S(CCN1CCCN(Cc2cccs2)CC1)c1ccccc1. The Morgan fingerprint density at radius 2 is 1.74 bits per heavy atom. The van der Waals surface area contributed by atoms with Crippen molar-refractivity contribution in [3.8, 4) is 0 Å². The van der Waals surface area contributed by atoms with Crippen LogP contribution in [-0.2, 0) is 17.3 Å². The van der Waals surface area contributed by atoms with E-state index in [1.165, 1.54) is 11.3 Å². The molecular weight excluding hydrogens is 324 g/mol. The smallest absolute Gasteiger partial charge is 0.0542 e. The fourth-order valence-corrected chi connectivity index (χ4v) is 4.80. The Hall–Kier alpha value is -1.01. The van der Waals surface area contributed by atoms with Gasteiger partial charge in [0.05, 0.1) is 10.8 Å². The Morgan fingerprint density at radius 3 is 2.52 bits per heavy atom. The van der Waals surface area contributed by atoms with Crippen LogP contribution < -0.4 is 0 Å². The van der Waals surface area contributed by atoms with Crippen LogP contribution in [0.2, 0.25) is 0 Å². The first kappa shape index (κ1) is 16.8. The average molecular weight is 349 g/mol. The fraction of sp³-hybridized carbons (Fsp3) is 0.444. The first-order valence-corrected chi connectivity index (χ1v) is 10.4. The van der Waals surface area contributed by atoms with Crippen LogP contribution in [0, 0.1) is 0 Å². The van der Waals surface area contributed by atoms with Crippen LogP contribution in [0.4, 0.5) is 0 Å². The summed E-state index contributed by atoms with van der Waals surface area (Å²) in [4.78, 5) is 7.40. The molecule has 3 rings (SSSR count). The van der Waals surface area contributed by atoms with E-state index in [2.05, 4.69) is 27.3 Å². The lowest BCUT2D eigenvalue weighted by molar-refractivity contribution is 0.259. The molecule has 0 radical (unpaired) electrons. The summed E-state index contributed by atoms with van der Waals surface area (Å²) < 4.78 is 12.3. The van der Waals surface area contributed by atoms with E-state index in [-0.39, 0.29) is 0 Å². The maximum Gasteiger partial charge on any atom is 0.0542 e. The summed E-state index contributed by atoms with van der Waals surface area (Å²) in [6, 6.07) is 14.2. The van der Waals surface area contributed by atoms with Crippen molar-refractivity contribution in [3.05, 3.63) is 52.7 Å². The van der Waals surface area contributed by atoms with Crippen LogP contribution in [0.15, 0.2) is 52.7 Å². The molecule has 1 aromatic heterocycles. The van der Waals surface area contributed by atoms with E-state index in [0.717, 1.165) is 49.9 Å². The number of rotatable bonds is 6. The summed E-state index contributed by atoms with van der Waals surface area (Å²) in [5.41, 5.74) is 0. The minimum atomic E-state index is -0.879. The topological polar surface area (TPSA) is 23.6 Å². The van der Waals surface area contributed by atoms with Crippen LogP contribution in [0.3, 0.4) is 0 Å². The molecule has 3 nitrogen and oxygen atoms in total. The van der Waals surface area contributed by atoms with Crippen molar-refractivity contribution >= 4 is 22.1 Å². The molecule has 2 heterocycles. The third kappa shape index (κ3) is 5.24. The average Bonchev–Trinajstić information content (AvgIpc) is 2.99. The third-order valence-electron chi connectivity index (χ3n) is 4.24.